The van der Waals surface area contributed by atoms with E-state index in [0.29, 0.717) is 17.5 Å². The molecule has 0 bridgehead atoms. The molecule has 0 radical (unpaired) electrons. The summed E-state index contributed by atoms with van der Waals surface area (Å²) in [5.41, 5.74) is 4.34. The Hall–Kier alpha value is -2.37. The first-order valence-electron chi connectivity index (χ1n) is 11.4. The summed E-state index contributed by atoms with van der Waals surface area (Å²) in [6.07, 6.45) is 6.41. The molecule has 2 aromatic carbocycles. The minimum Gasteiger partial charge on any atom is -0.481 e. The molecular weight excluding hydrogens is 454 g/mol. The lowest BCUT2D eigenvalue weighted by Crippen LogP contribution is -2.29. The number of hydrogen-bond acceptors (Lipinski definition) is 2. The summed E-state index contributed by atoms with van der Waals surface area (Å²) < 4.78 is 15.0. The maximum absolute atomic E-state index is 12.7. The number of nitrogens with zero attached hydrogens (tertiary/aromatic N) is 1. The third-order valence-electron chi connectivity index (χ3n) is 7.02. The standard InChI is InChI=1S/C27H30ClNO3S/c1-4-6-17(2)20-13-14-22-21-7-5-8-24(33(3)32)27(21)29(26(22)23(20)15-25(30)31)16-18-9-11-19(28)12-10-18/h4-5,7-12,17,20,23H,1,6,13-16H2,2-3H3,(H,30,31)/t17-,20?,23+,33+/m1/s1. The van der Waals surface area contributed by atoms with Crippen LogP contribution in [0.4, 0.5) is 0 Å². The fourth-order valence-electron chi connectivity index (χ4n) is 5.59. The average Bonchev–Trinajstić information content (AvgIpc) is 3.09. The van der Waals surface area contributed by atoms with Gasteiger partial charge in [-0.05, 0) is 60.4 Å². The predicted molar refractivity (Wildman–Crippen MR) is 136 cm³/mol. The number of aliphatic carboxylic acids is 1. The highest BCUT2D eigenvalue weighted by atomic mass is 35.5. The number of para-hydroxylation sites is 1. The van der Waals surface area contributed by atoms with Crippen LogP contribution in [-0.4, -0.2) is 26.1 Å². The zero-order chi connectivity index (χ0) is 23.7. The molecule has 1 aliphatic carbocycles. The molecule has 1 aromatic heterocycles. The highest BCUT2D eigenvalue weighted by Gasteiger charge is 2.38. The van der Waals surface area contributed by atoms with Crippen LogP contribution in [0.3, 0.4) is 0 Å². The molecule has 0 aliphatic heterocycles. The third-order valence-corrected chi connectivity index (χ3v) is 8.22. The van der Waals surface area contributed by atoms with Crippen LogP contribution in [-0.2, 0) is 28.6 Å². The Kier molecular flexibility index (Phi) is 7.10. The van der Waals surface area contributed by atoms with Crippen LogP contribution in [0.1, 0.15) is 48.9 Å². The quantitative estimate of drug-likeness (QED) is 0.376. The van der Waals surface area contributed by atoms with Crippen LogP contribution in [0.25, 0.3) is 10.9 Å². The number of carbonyl (C=O) groups is 1. The van der Waals surface area contributed by atoms with Crippen LogP contribution in [0.2, 0.25) is 5.02 Å². The summed E-state index contributed by atoms with van der Waals surface area (Å²) >= 11 is 6.11. The van der Waals surface area contributed by atoms with Gasteiger partial charge in [-0.1, -0.05) is 48.9 Å². The molecule has 1 heterocycles. The van der Waals surface area contributed by atoms with Crippen molar-refractivity contribution in [2.75, 3.05) is 6.26 Å². The van der Waals surface area contributed by atoms with Crippen LogP contribution >= 0.6 is 11.6 Å². The predicted octanol–water partition coefficient (Wildman–Crippen LogP) is 6.41. The zero-order valence-electron chi connectivity index (χ0n) is 19.1. The van der Waals surface area contributed by atoms with Crippen LogP contribution in [0.15, 0.2) is 60.0 Å². The van der Waals surface area contributed by atoms with E-state index < -0.39 is 16.8 Å². The first-order chi connectivity index (χ1) is 15.8. The number of allylic oxidation sites excluding steroid dienone is 1. The van der Waals surface area contributed by atoms with Gasteiger partial charge in [0, 0.05) is 34.8 Å². The van der Waals surface area contributed by atoms with Crippen LogP contribution < -0.4 is 0 Å². The molecule has 4 nitrogen and oxygen atoms in total. The van der Waals surface area contributed by atoms with Crippen molar-refractivity contribution in [3.63, 3.8) is 0 Å². The van der Waals surface area contributed by atoms with Gasteiger partial charge in [-0.25, -0.2) is 0 Å². The monoisotopic (exact) mass is 483 g/mol. The van der Waals surface area contributed by atoms with E-state index >= 15 is 0 Å². The number of aromatic nitrogens is 1. The van der Waals surface area contributed by atoms with E-state index in [1.54, 1.807) is 6.26 Å². The maximum Gasteiger partial charge on any atom is 0.304 e. The van der Waals surface area contributed by atoms with Gasteiger partial charge >= 0.3 is 5.97 Å². The van der Waals surface area contributed by atoms with Crippen molar-refractivity contribution >= 4 is 39.3 Å². The molecule has 1 unspecified atom stereocenters. The molecule has 0 amide bonds. The SMILES string of the molecule is C=CC[C@@H](C)C1CCc2c(n(Cc3ccc(Cl)cc3)c3c([S@](C)=O)cccc23)[C@H]1CC(=O)O. The molecule has 0 saturated heterocycles. The van der Waals surface area contributed by atoms with Gasteiger partial charge in [0.15, 0.2) is 0 Å². The van der Waals surface area contributed by atoms with Gasteiger partial charge in [-0.3, -0.25) is 9.00 Å². The summed E-state index contributed by atoms with van der Waals surface area (Å²) in [4.78, 5) is 12.8. The van der Waals surface area contributed by atoms with Crippen molar-refractivity contribution < 1.29 is 14.1 Å². The third kappa shape index (κ3) is 4.67. The molecule has 1 N–H and O–H groups in total. The molecule has 0 spiro atoms. The summed E-state index contributed by atoms with van der Waals surface area (Å²) in [5.74, 6) is -0.317. The van der Waals surface area contributed by atoms with E-state index in [2.05, 4.69) is 24.1 Å². The lowest BCUT2D eigenvalue weighted by Gasteiger charge is -2.36. The second-order valence-electron chi connectivity index (χ2n) is 9.09. The van der Waals surface area contributed by atoms with E-state index in [1.807, 2.05) is 42.5 Å². The summed E-state index contributed by atoms with van der Waals surface area (Å²) in [5, 5.41) is 11.6. The first-order valence-corrected chi connectivity index (χ1v) is 13.3. The molecule has 33 heavy (non-hydrogen) atoms. The number of benzene rings is 2. The summed E-state index contributed by atoms with van der Waals surface area (Å²) in [6, 6.07) is 13.7. The molecule has 1 aliphatic rings. The van der Waals surface area contributed by atoms with Gasteiger partial charge in [-0.15, -0.1) is 6.58 Å². The van der Waals surface area contributed by atoms with E-state index in [-0.39, 0.29) is 18.3 Å². The fraction of sp³-hybridized carbons (Fsp3) is 0.370. The molecule has 0 saturated carbocycles. The Bertz CT molecular complexity index is 1210. The lowest BCUT2D eigenvalue weighted by molar-refractivity contribution is -0.138. The summed E-state index contributed by atoms with van der Waals surface area (Å²) in [6.45, 7) is 6.68. The highest BCUT2D eigenvalue weighted by Crippen LogP contribution is 2.47. The van der Waals surface area contributed by atoms with E-state index in [4.69, 9.17) is 11.6 Å². The summed E-state index contributed by atoms with van der Waals surface area (Å²) in [7, 11) is -1.17. The Labute approximate surface area is 202 Å². The van der Waals surface area contributed by atoms with Crippen molar-refractivity contribution in [1.82, 2.24) is 4.57 Å². The maximum atomic E-state index is 12.7. The smallest absolute Gasteiger partial charge is 0.304 e. The van der Waals surface area contributed by atoms with E-state index in [0.717, 1.165) is 46.3 Å². The Balaban J connectivity index is 1.98. The van der Waals surface area contributed by atoms with Crippen molar-refractivity contribution in [2.45, 2.75) is 50.0 Å². The number of aryl methyl sites for hydroxylation is 1. The van der Waals surface area contributed by atoms with Gasteiger partial charge in [-0.2, -0.15) is 0 Å². The van der Waals surface area contributed by atoms with E-state index in [1.165, 1.54) is 5.56 Å². The number of halogens is 1. The van der Waals surface area contributed by atoms with Crippen molar-refractivity contribution in [3.05, 3.63) is 77.0 Å². The topological polar surface area (TPSA) is 59.3 Å². The molecule has 174 valence electrons. The van der Waals surface area contributed by atoms with Crippen molar-refractivity contribution in [2.24, 2.45) is 11.8 Å². The number of rotatable bonds is 8. The van der Waals surface area contributed by atoms with Gasteiger partial charge in [0.2, 0.25) is 0 Å². The largest absolute Gasteiger partial charge is 0.481 e. The first kappa shape index (κ1) is 23.8. The normalized spacial score (nSPS) is 19.7. The highest BCUT2D eigenvalue weighted by molar-refractivity contribution is 7.84. The minimum atomic E-state index is -1.17. The number of fused-ring (bicyclic) bond motifs is 3. The van der Waals surface area contributed by atoms with Crippen LogP contribution in [0, 0.1) is 11.8 Å². The van der Waals surface area contributed by atoms with Gasteiger partial charge in [0.1, 0.15) is 0 Å². The number of carboxylic acids is 1. The molecule has 4 rings (SSSR count). The lowest BCUT2D eigenvalue weighted by atomic mass is 9.70. The Morgan fingerprint density at radius 1 is 1.30 bits per heavy atom. The van der Waals surface area contributed by atoms with Gasteiger partial charge in [0.25, 0.3) is 0 Å². The fourth-order valence-corrected chi connectivity index (χ4v) is 6.48. The molecular formula is C27H30ClNO3S. The van der Waals surface area contributed by atoms with Crippen molar-refractivity contribution in [3.8, 4) is 0 Å². The second kappa shape index (κ2) is 9.86. The number of hydrogen-bond donors (Lipinski definition) is 1. The van der Waals surface area contributed by atoms with Crippen LogP contribution in [0.5, 0.6) is 0 Å². The van der Waals surface area contributed by atoms with Gasteiger partial charge < -0.3 is 9.67 Å². The molecule has 4 atom stereocenters. The zero-order valence-corrected chi connectivity index (χ0v) is 20.7. The van der Waals surface area contributed by atoms with Gasteiger partial charge in [0.05, 0.1) is 27.6 Å². The van der Waals surface area contributed by atoms with E-state index in [9.17, 15) is 14.1 Å². The molecule has 6 heteroatoms. The average molecular weight is 484 g/mol. The Morgan fingerprint density at radius 2 is 2.03 bits per heavy atom. The molecule has 0 fully saturated rings. The number of carboxylic acid groups (broad SMARTS) is 1. The minimum absolute atomic E-state index is 0.0840. The second-order valence-corrected chi connectivity index (χ2v) is 10.9. The van der Waals surface area contributed by atoms with Crippen molar-refractivity contribution in [1.29, 1.82) is 0 Å². The Morgan fingerprint density at radius 3 is 2.67 bits per heavy atom. The molecule has 3 aromatic rings.